The normalized spacial score (nSPS) is 20.5. The number of ether oxygens (including phenoxy) is 1. The summed E-state index contributed by atoms with van der Waals surface area (Å²) in [6.07, 6.45) is -0.383. The molecule has 0 unspecified atom stereocenters. The predicted molar refractivity (Wildman–Crippen MR) is 116 cm³/mol. The highest BCUT2D eigenvalue weighted by Gasteiger charge is 2.57. The molecular weight excluding hydrogens is 438 g/mol. The number of amides is 2. The second kappa shape index (κ2) is 9.70. The Kier molecular flexibility index (Phi) is 7.19. The minimum absolute atomic E-state index is 0.0639. The number of nitro groups is 1. The van der Waals surface area contributed by atoms with E-state index in [0.717, 1.165) is 0 Å². The topological polar surface area (TPSA) is 130 Å². The van der Waals surface area contributed by atoms with Gasteiger partial charge in [-0.15, -0.1) is 11.8 Å². The van der Waals surface area contributed by atoms with Crippen LogP contribution in [0.4, 0.5) is 5.69 Å². The number of esters is 1. The van der Waals surface area contributed by atoms with Gasteiger partial charge in [0.05, 0.1) is 23.0 Å². The van der Waals surface area contributed by atoms with Crippen LogP contribution in [0, 0.1) is 16.0 Å². The summed E-state index contributed by atoms with van der Waals surface area (Å²) in [5.74, 6) is -1.07. The van der Waals surface area contributed by atoms with Crippen LogP contribution in [-0.2, 0) is 25.7 Å². The Hall–Kier alpha value is -2.92. The molecule has 0 bridgehead atoms. The first-order valence-electron chi connectivity index (χ1n) is 10.1. The van der Waals surface area contributed by atoms with Gasteiger partial charge in [0.1, 0.15) is 12.3 Å². The number of aliphatic hydroxyl groups is 1. The first-order valence-corrected chi connectivity index (χ1v) is 11.1. The minimum Gasteiger partial charge on any atom is -0.456 e. The first kappa shape index (κ1) is 23.7. The van der Waals surface area contributed by atoms with E-state index in [-0.39, 0.29) is 35.8 Å². The lowest BCUT2D eigenvalue weighted by atomic mass is 9.83. The molecule has 11 heteroatoms. The summed E-state index contributed by atoms with van der Waals surface area (Å²) in [6, 6.07) is 5.36. The van der Waals surface area contributed by atoms with Crippen LogP contribution in [0.2, 0.25) is 0 Å². The zero-order valence-electron chi connectivity index (χ0n) is 18.0. The third kappa shape index (κ3) is 4.78. The first-order chi connectivity index (χ1) is 15.1. The maximum Gasteiger partial charge on any atom is 0.356 e. The van der Waals surface area contributed by atoms with Crippen molar-refractivity contribution in [2.24, 2.45) is 5.92 Å². The number of hydrogen-bond donors (Lipinski definition) is 1. The third-order valence-electron chi connectivity index (χ3n) is 5.64. The monoisotopic (exact) mass is 463 g/mol. The Morgan fingerprint density at radius 2 is 2.03 bits per heavy atom. The van der Waals surface area contributed by atoms with E-state index in [1.807, 2.05) is 0 Å². The molecule has 2 amide bonds. The van der Waals surface area contributed by atoms with Crippen LogP contribution in [-0.4, -0.2) is 69.1 Å². The molecule has 2 heterocycles. The minimum atomic E-state index is -0.825. The fourth-order valence-corrected chi connectivity index (χ4v) is 4.96. The summed E-state index contributed by atoms with van der Waals surface area (Å²) in [7, 11) is 1.69. The summed E-state index contributed by atoms with van der Waals surface area (Å²) >= 11 is 1.39. The SMILES string of the molecule is CC(=O)N(C)CCSC1=C(C(=O)OCc2ccc([N+](=O)[O-])cc2)N2C(=O)[C@H]([C@@H](C)O)[C@H]2C1. The van der Waals surface area contributed by atoms with Gasteiger partial charge in [0, 0.05) is 49.7 Å². The molecule has 2 aliphatic heterocycles. The second-order valence-electron chi connectivity index (χ2n) is 7.81. The predicted octanol–water partition coefficient (Wildman–Crippen LogP) is 1.67. The van der Waals surface area contributed by atoms with Gasteiger partial charge in [0.2, 0.25) is 11.8 Å². The number of β-lactam (4-membered cyclic amide) rings is 1. The molecule has 1 aromatic carbocycles. The highest BCUT2D eigenvalue weighted by Crippen LogP contribution is 2.47. The van der Waals surface area contributed by atoms with E-state index in [4.69, 9.17) is 4.74 Å². The molecule has 32 heavy (non-hydrogen) atoms. The van der Waals surface area contributed by atoms with Gasteiger partial charge in [-0.05, 0) is 24.6 Å². The smallest absolute Gasteiger partial charge is 0.356 e. The molecule has 1 fully saturated rings. The van der Waals surface area contributed by atoms with Crippen LogP contribution in [0.5, 0.6) is 0 Å². The molecule has 0 aromatic heterocycles. The third-order valence-corrected chi connectivity index (χ3v) is 6.73. The standard InChI is InChI=1S/C21H25N3O7S/c1-12(25)18-16-10-17(32-9-8-22(3)13(2)26)19(23(16)20(18)27)21(28)31-11-14-4-6-15(7-5-14)24(29)30/h4-7,12,16,18,25H,8-11H2,1-3H3/t12-,16-,18-/m1/s1. The summed E-state index contributed by atoms with van der Waals surface area (Å²) in [4.78, 5) is 50.8. The molecule has 10 nitrogen and oxygen atoms in total. The van der Waals surface area contributed by atoms with Crippen molar-refractivity contribution in [1.29, 1.82) is 0 Å². The van der Waals surface area contributed by atoms with Crippen molar-refractivity contribution in [2.45, 2.75) is 39.0 Å². The number of aliphatic hydroxyl groups excluding tert-OH is 1. The lowest BCUT2D eigenvalue weighted by Gasteiger charge is -2.44. The van der Waals surface area contributed by atoms with Gasteiger partial charge in [0.15, 0.2) is 0 Å². The molecule has 3 rings (SSSR count). The zero-order chi connectivity index (χ0) is 23.6. The number of nitro benzene ring substituents is 1. The van der Waals surface area contributed by atoms with E-state index >= 15 is 0 Å². The average molecular weight is 464 g/mol. The highest BCUT2D eigenvalue weighted by molar-refractivity contribution is 8.03. The van der Waals surface area contributed by atoms with Gasteiger partial charge in [-0.1, -0.05) is 0 Å². The highest BCUT2D eigenvalue weighted by atomic mass is 32.2. The Balaban J connectivity index is 1.71. The molecule has 2 aliphatic rings. The van der Waals surface area contributed by atoms with Crippen LogP contribution >= 0.6 is 11.8 Å². The maximum atomic E-state index is 12.9. The summed E-state index contributed by atoms with van der Waals surface area (Å²) in [6.45, 7) is 3.41. The van der Waals surface area contributed by atoms with Gasteiger partial charge >= 0.3 is 5.97 Å². The molecular formula is C21H25N3O7S. The number of carbonyl (C=O) groups excluding carboxylic acids is 3. The van der Waals surface area contributed by atoms with Crippen molar-refractivity contribution in [1.82, 2.24) is 9.80 Å². The van der Waals surface area contributed by atoms with Crippen LogP contribution < -0.4 is 0 Å². The van der Waals surface area contributed by atoms with Crippen molar-refractivity contribution in [2.75, 3.05) is 19.3 Å². The number of benzene rings is 1. The lowest BCUT2D eigenvalue weighted by Crippen LogP contribution is -2.61. The van der Waals surface area contributed by atoms with E-state index in [0.29, 0.717) is 29.2 Å². The maximum absolute atomic E-state index is 12.9. The van der Waals surface area contributed by atoms with E-state index in [1.165, 1.54) is 47.9 Å². The molecule has 0 aliphatic carbocycles. The summed E-state index contributed by atoms with van der Waals surface area (Å²) in [5, 5.41) is 20.7. The fraction of sp³-hybridized carbons (Fsp3) is 0.476. The van der Waals surface area contributed by atoms with E-state index in [2.05, 4.69) is 0 Å². The van der Waals surface area contributed by atoms with Crippen LogP contribution in [0.25, 0.3) is 0 Å². The quantitative estimate of drug-likeness (QED) is 0.253. The largest absolute Gasteiger partial charge is 0.456 e. The molecule has 1 N–H and O–H groups in total. The van der Waals surface area contributed by atoms with Gasteiger partial charge < -0.3 is 19.6 Å². The number of hydrogen-bond acceptors (Lipinski definition) is 8. The number of carbonyl (C=O) groups is 3. The van der Waals surface area contributed by atoms with Crippen molar-refractivity contribution < 1.29 is 29.2 Å². The number of rotatable bonds is 9. The van der Waals surface area contributed by atoms with Crippen LogP contribution in [0.1, 0.15) is 25.8 Å². The van der Waals surface area contributed by atoms with E-state index in [9.17, 15) is 29.6 Å². The molecule has 0 spiro atoms. The van der Waals surface area contributed by atoms with Crippen molar-refractivity contribution >= 4 is 35.2 Å². The summed E-state index contributed by atoms with van der Waals surface area (Å²) in [5.41, 5.74) is 0.688. The Labute approximate surface area is 189 Å². The molecule has 1 saturated heterocycles. The molecule has 3 atom stereocenters. The number of thioether (sulfide) groups is 1. The van der Waals surface area contributed by atoms with Crippen molar-refractivity contribution in [3.05, 3.63) is 50.5 Å². The van der Waals surface area contributed by atoms with E-state index in [1.54, 1.807) is 18.9 Å². The average Bonchev–Trinajstić information content (AvgIpc) is 3.05. The molecule has 0 saturated carbocycles. The number of non-ortho nitro benzene ring substituents is 1. The van der Waals surface area contributed by atoms with Crippen LogP contribution in [0.3, 0.4) is 0 Å². The zero-order valence-corrected chi connectivity index (χ0v) is 18.8. The number of nitrogens with zero attached hydrogens (tertiary/aromatic N) is 3. The van der Waals surface area contributed by atoms with Crippen LogP contribution in [0.15, 0.2) is 34.9 Å². The Morgan fingerprint density at radius 1 is 1.38 bits per heavy atom. The molecule has 172 valence electrons. The van der Waals surface area contributed by atoms with Gasteiger partial charge in [-0.25, -0.2) is 4.79 Å². The van der Waals surface area contributed by atoms with Gasteiger partial charge in [0.25, 0.3) is 5.69 Å². The second-order valence-corrected chi connectivity index (χ2v) is 9.00. The van der Waals surface area contributed by atoms with Gasteiger partial charge in [-0.3, -0.25) is 19.7 Å². The summed E-state index contributed by atoms with van der Waals surface area (Å²) < 4.78 is 5.40. The van der Waals surface area contributed by atoms with E-state index < -0.39 is 22.9 Å². The fourth-order valence-electron chi connectivity index (χ4n) is 3.74. The van der Waals surface area contributed by atoms with Crippen molar-refractivity contribution in [3.8, 4) is 0 Å². The van der Waals surface area contributed by atoms with Gasteiger partial charge in [-0.2, -0.15) is 0 Å². The number of fused-ring (bicyclic) bond motifs is 1. The Morgan fingerprint density at radius 3 is 2.59 bits per heavy atom. The molecule has 1 aromatic rings. The van der Waals surface area contributed by atoms with Crippen molar-refractivity contribution in [3.63, 3.8) is 0 Å². The molecule has 0 radical (unpaired) electrons. The Bertz CT molecular complexity index is 961. The lowest BCUT2D eigenvalue weighted by molar-refractivity contribution is -0.384.